The van der Waals surface area contributed by atoms with E-state index in [9.17, 15) is 19.0 Å². The number of quaternary nitrogens is 1. The van der Waals surface area contributed by atoms with Gasteiger partial charge in [0.05, 0.1) is 27.7 Å². The van der Waals surface area contributed by atoms with Crippen LogP contribution >= 0.6 is 7.82 Å². The van der Waals surface area contributed by atoms with Crippen LogP contribution in [0.2, 0.25) is 0 Å². The van der Waals surface area contributed by atoms with Crippen LogP contribution in [0.5, 0.6) is 0 Å². The van der Waals surface area contributed by atoms with E-state index < -0.39 is 26.5 Å². The van der Waals surface area contributed by atoms with Crippen LogP contribution in [0.25, 0.3) is 0 Å². The second-order valence-corrected chi connectivity index (χ2v) is 30.6. The summed E-state index contributed by atoms with van der Waals surface area (Å²) in [5.41, 5.74) is 0. The zero-order valence-electron chi connectivity index (χ0n) is 61.4. The van der Waals surface area contributed by atoms with E-state index in [1.165, 1.54) is 372 Å². The summed E-state index contributed by atoms with van der Waals surface area (Å²) in [6, 6.07) is 0. The van der Waals surface area contributed by atoms with Gasteiger partial charge in [-0.25, -0.2) is 0 Å². The van der Waals surface area contributed by atoms with Gasteiger partial charge in [-0.15, -0.1) is 0 Å². The van der Waals surface area contributed by atoms with E-state index in [0.29, 0.717) is 17.4 Å². The fourth-order valence-corrected chi connectivity index (χ4v) is 13.3. The minimum Gasteiger partial charge on any atom is -0.756 e. The maximum absolute atomic E-state index is 12.9. The average molecular weight is 1290 g/mol. The normalized spacial score (nSPS) is 13.0. The number of phosphoric ester groups is 1. The minimum absolute atomic E-state index is 0.0255. The van der Waals surface area contributed by atoms with E-state index in [4.69, 9.17) is 18.5 Å². The molecule has 0 aromatic carbocycles. The number of unbranched alkanes of at least 4 members (excludes halogenated alkanes) is 61. The lowest BCUT2D eigenvalue weighted by Crippen LogP contribution is -2.37. The predicted octanol–water partition coefficient (Wildman–Crippen LogP) is 26.0. The van der Waals surface area contributed by atoms with Gasteiger partial charge in [-0.3, -0.25) is 14.2 Å². The van der Waals surface area contributed by atoms with Crippen molar-refractivity contribution in [3.05, 3.63) is 12.2 Å². The Labute approximate surface area is 562 Å². The van der Waals surface area contributed by atoms with Gasteiger partial charge in [0.25, 0.3) is 7.82 Å². The highest BCUT2D eigenvalue weighted by Gasteiger charge is 2.22. The first kappa shape index (κ1) is 88.8. The molecular weight excluding hydrogens is 1130 g/mol. The molecule has 0 radical (unpaired) electrons. The Morgan fingerprint density at radius 2 is 0.567 bits per heavy atom. The summed E-state index contributed by atoms with van der Waals surface area (Å²) in [5, 5.41) is 0. The largest absolute Gasteiger partial charge is 0.756 e. The van der Waals surface area contributed by atoms with Crippen LogP contribution in [-0.4, -0.2) is 70.0 Å². The van der Waals surface area contributed by atoms with E-state index in [2.05, 4.69) is 26.0 Å². The number of phosphoric acid groups is 1. The number of carbonyl (C=O) groups excluding carboxylic acids is 2. The van der Waals surface area contributed by atoms with Gasteiger partial charge in [0, 0.05) is 12.8 Å². The molecule has 0 heterocycles. The van der Waals surface area contributed by atoms with Gasteiger partial charge in [0.2, 0.25) is 0 Å². The van der Waals surface area contributed by atoms with Gasteiger partial charge >= 0.3 is 11.9 Å². The number of rotatable bonds is 77. The molecule has 536 valence electrons. The third-order valence-corrected chi connectivity index (χ3v) is 19.7. The van der Waals surface area contributed by atoms with Crippen molar-refractivity contribution in [2.45, 2.75) is 444 Å². The van der Waals surface area contributed by atoms with Gasteiger partial charge in [0.1, 0.15) is 19.8 Å². The number of ether oxygens (including phenoxy) is 2. The molecule has 0 aliphatic rings. The molecule has 0 aliphatic heterocycles. The van der Waals surface area contributed by atoms with Crippen LogP contribution in [0.4, 0.5) is 0 Å². The molecule has 2 unspecified atom stereocenters. The van der Waals surface area contributed by atoms with Crippen LogP contribution in [-0.2, 0) is 32.7 Å². The number of allylic oxidation sites excluding steroid dienone is 2. The summed E-state index contributed by atoms with van der Waals surface area (Å²) in [6.07, 6.45) is 90.6. The lowest BCUT2D eigenvalue weighted by molar-refractivity contribution is -0.870. The molecule has 0 rings (SSSR count). The molecule has 0 aromatic rings. The highest BCUT2D eigenvalue weighted by molar-refractivity contribution is 7.45. The number of nitrogens with zero attached hydrogens (tertiary/aromatic N) is 1. The Morgan fingerprint density at radius 3 is 0.822 bits per heavy atom. The van der Waals surface area contributed by atoms with Crippen molar-refractivity contribution in [1.29, 1.82) is 0 Å². The molecule has 0 aliphatic carbocycles. The molecular formula is C80H158NO8P. The van der Waals surface area contributed by atoms with Gasteiger partial charge in [-0.1, -0.05) is 398 Å². The summed E-state index contributed by atoms with van der Waals surface area (Å²) in [6.45, 7) is 4.34. The molecule has 0 N–H and O–H groups in total. The highest BCUT2D eigenvalue weighted by atomic mass is 31.2. The molecule has 0 saturated heterocycles. The Morgan fingerprint density at radius 1 is 0.333 bits per heavy atom. The summed E-state index contributed by atoms with van der Waals surface area (Å²) in [7, 11) is 1.20. The molecule has 0 saturated carbocycles. The van der Waals surface area contributed by atoms with Crippen LogP contribution in [0.15, 0.2) is 12.2 Å². The highest BCUT2D eigenvalue weighted by Crippen LogP contribution is 2.38. The van der Waals surface area contributed by atoms with Gasteiger partial charge in [-0.2, -0.15) is 0 Å². The second-order valence-electron chi connectivity index (χ2n) is 29.1. The van der Waals surface area contributed by atoms with Crippen molar-refractivity contribution in [1.82, 2.24) is 0 Å². The SMILES string of the molecule is CCCCCCCCCC/C=C\CCCCCCCCCCCCCCCCCCCCCCCCCC(=O)OC(COC(=O)CCCCCCCCCCCCCCCCCCCCCCCCCCCCCCCCC)COP(=O)([O-])OCC[N+](C)(C)C. The number of likely N-dealkylation sites (N-methyl/N-ethyl adjacent to an activating group) is 1. The predicted molar refractivity (Wildman–Crippen MR) is 388 cm³/mol. The summed E-state index contributed by atoms with van der Waals surface area (Å²) in [5.74, 6) is -0.802. The number of hydrogen-bond donors (Lipinski definition) is 0. The van der Waals surface area contributed by atoms with E-state index >= 15 is 0 Å². The second kappa shape index (κ2) is 72.0. The fraction of sp³-hybridized carbons (Fsp3) is 0.950. The molecule has 0 amide bonds. The molecule has 0 bridgehead atoms. The number of carbonyl (C=O) groups is 2. The lowest BCUT2D eigenvalue weighted by Gasteiger charge is -2.28. The van der Waals surface area contributed by atoms with E-state index in [1.807, 2.05) is 21.1 Å². The van der Waals surface area contributed by atoms with Crippen molar-refractivity contribution in [2.24, 2.45) is 0 Å². The molecule has 0 spiro atoms. The molecule has 0 fully saturated rings. The molecule has 9 nitrogen and oxygen atoms in total. The van der Waals surface area contributed by atoms with Crippen LogP contribution in [0, 0.1) is 0 Å². The maximum atomic E-state index is 12.9. The Kier molecular flexibility index (Phi) is 71.0. The maximum Gasteiger partial charge on any atom is 0.306 e. The first-order valence-electron chi connectivity index (χ1n) is 40.4. The Bertz CT molecular complexity index is 1520. The van der Waals surface area contributed by atoms with Gasteiger partial charge < -0.3 is 27.9 Å². The van der Waals surface area contributed by atoms with Gasteiger partial charge in [-0.05, 0) is 38.5 Å². The first-order chi connectivity index (χ1) is 44.0. The van der Waals surface area contributed by atoms with Gasteiger partial charge in [0.15, 0.2) is 6.10 Å². The van der Waals surface area contributed by atoms with Crippen molar-refractivity contribution < 1.29 is 42.1 Å². The minimum atomic E-state index is -4.64. The van der Waals surface area contributed by atoms with Crippen LogP contribution in [0.1, 0.15) is 438 Å². The topological polar surface area (TPSA) is 111 Å². The molecule has 2 atom stereocenters. The fourth-order valence-electron chi connectivity index (χ4n) is 12.6. The van der Waals surface area contributed by atoms with Crippen LogP contribution in [0.3, 0.4) is 0 Å². The van der Waals surface area contributed by atoms with Crippen molar-refractivity contribution in [2.75, 3.05) is 47.5 Å². The van der Waals surface area contributed by atoms with E-state index in [-0.39, 0.29) is 32.0 Å². The Hall–Kier alpha value is -1.25. The quantitative estimate of drug-likeness (QED) is 0.0195. The molecule has 90 heavy (non-hydrogen) atoms. The summed E-state index contributed by atoms with van der Waals surface area (Å²) in [4.78, 5) is 38.2. The summed E-state index contributed by atoms with van der Waals surface area (Å²) >= 11 is 0. The third-order valence-electron chi connectivity index (χ3n) is 18.8. The zero-order valence-corrected chi connectivity index (χ0v) is 62.3. The molecule has 10 heteroatoms. The Balaban J connectivity index is 3.89. The van der Waals surface area contributed by atoms with E-state index in [1.54, 1.807) is 0 Å². The number of hydrogen-bond acceptors (Lipinski definition) is 8. The smallest absolute Gasteiger partial charge is 0.306 e. The first-order valence-corrected chi connectivity index (χ1v) is 41.9. The van der Waals surface area contributed by atoms with Crippen molar-refractivity contribution in [3.8, 4) is 0 Å². The monoisotopic (exact) mass is 1290 g/mol. The lowest BCUT2D eigenvalue weighted by atomic mass is 10.0. The average Bonchev–Trinajstić information content (AvgIpc) is 3.61. The van der Waals surface area contributed by atoms with Crippen molar-refractivity contribution in [3.63, 3.8) is 0 Å². The van der Waals surface area contributed by atoms with E-state index in [0.717, 1.165) is 32.1 Å². The summed E-state index contributed by atoms with van der Waals surface area (Å²) < 4.78 is 34.4. The standard InChI is InChI=1S/C80H158NO8P/c1-6-8-10-12-14-16-18-20-22-24-26-28-30-32-34-36-38-39-40-41-43-45-47-49-51-53-55-57-59-61-63-65-67-69-71-73-80(83)89-78(77-88-90(84,85)87-75-74-81(3,4)5)76-86-79(82)72-70-68-66-64-62-60-58-56-54-52-50-48-46-44-42-37-35-33-31-29-27-25-23-21-19-17-15-13-11-9-7-2/h24,26,78H,6-23,25,27-77H2,1-5H3/b26-24-. The third kappa shape index (κ3) is 75.8. The van der Waals surface area contributed by atoms with Crippen molar-refractivity contribution >= 4 is 19.8 Å². The number of esters is 2. The zero-order chi connectivity index (χ0) is 65.5. The van der Waals surface area contributed by atoms with Crippen LogP contribution < -0.4 is 4.89 Å². The molecule has 0 aromatic heterocycles.